The topological polar surface area (TPSA) is 66.4 Å². The third-order valence-corrected chi connectivity index (χ3v) is 4.63. The van der Waals surface area contributed by atoms with Gasteiger partial charge in [0.15, 0.2) is 5.78 Å². The Morgan fingerprint density at radius 1 is 0.957 bits per heavy atom. The molecule has 23 heavy (non-hydrogen) atoms. The highest BCUT2D eigenvalue weighted by atomic mass is 16.4. The van der Waals surface area contributed by atoms with E-state index in [0.717, 1.165) is 23.4 Å². The summed E-state index contributed by atoms with van der Waals surface area (Å²) in [6, 6.07) is 14.9. The minimum atomic E-state index is -0.732. The molecule has 0 amide bonds. The fourth-order valence-electron chi connectivity index (χ4n) is 2.98. The quantitative estimate of drug-likeness (QED) is 0.815. The Bertz CT molecular complexity index is 728. The van der Waals surface area contributed by atoms with Crippen molar-refractivity contribution in [1.82, 2.24) is 0 Å². The molecule has 1 aliphatic rings. The summed E-state index contributed by atoms with van der Waals surface area (Å²) in [6.45, 7) is 1.54. The summed E-state index contributed by atoms with van der Waals surface area (Å²) < 4.78 is 0. The highest BCUT2D eigenvalue weighted by Gasteiger charge is 2.45. The van der Waals surface area contributed by atoms with E-state index in [4.69, 9.17) is 0 Å². The SMILES string of the molecule is CC(=O)c1ccc(Nc2ccc(C3(C(=O)O)CCC3)cc2)cc1. The molecule has 4 nitrogen and oxygen atoms in total. The lowest BCUT2D eigenvalue weighted by molar-refractivity contribution is -0.147. The summed E-state index contributed by atoms with van der Waals surface area (Å²) in [7, 11) is 0. The van der Waals surface area contributed by atoms with Gasteiger partial charge in [-0.3, -0.25) is 9.59 Å². The van der Waals surface area contributed by atoms with Crippen molar-refractivity contribution < 1.29 is 14.7 Å². The standard InChI is InChI=1S/C19H19NO3/c1-13(21)14-3-7-16(8-4-14)20-17-9-5-15(6-10-17)19(18(22)23)11-2-12-19/h3-10,20H,2,11-12H2,1H3,(H,22,23). The molecule has 0 saturated heterocycles. The largest absolute Gasteiger partial charge is 0.481 e. The summed E-state index contributed by atoms with van der Waals surface area (Å²) in [5, 5.41) is 12.7. The molecule has 0 radical (unpaired) electrons. The van der Waals surface area contributed by atoms with E-state index in [2.05, 4.69) is 5.32 Å². The number of rotatable bonds is 5. The number of carbonyl (C=O) groups excluding carboxylic acids is 1. The van der Waals surface area contributed by atoms with Crippen LogP contribution in [-0.2, 0) is 10.2 Å². The van der Waals surface area contributed by atoms with Crippen molar-refractivity contribution in [1.29, 1.82) is 0 Å². The Hall–Kier alpha value is -2.62. The Morgan fingerprint density at radius 3 is 1.87 bits per heavy atom. The molecule has 118 valence electrons. The molecule has 0 aromatic heterocycles. The second-order valence-electron chi connectivity index (χ2n) is 6.08. The maximum absolute atomic E-state index is 11.5. The van der Waals surface area contributed by atoms with Crippen LogP contribution in [0.3, 0.4) is 0 Å². The number of Topliss-reactive ketones (excluding diaryl/α,β-unsaturated/α-hetero) is 1. The van der Waals surface area contributed by atoms with Crippen LogP contribution in [0.15, 0.2) is 48.5 Å². The van der Waals surface area contributed by atoms with Gasteiger partial charge in [0, 0.05) is 16.9 Å². The highest BCUT2D eigenvalue weighted by molar-refractivity contribution is 5.94. The number of hydrogen-bond acceptors (Lipinski definition) is 3. The molecule has 0 atom stereocenters. The Morgan fingerprint density at radius 2 is 1.48 bits per heavy atom. The summed E-state index contributed by atoms with van der Waals surface area (Å²) in [5.41, 5.74) is 2.64. The second-order valence-corrected chi connectivity index (χ2v) is 6.08. The number of benzene rings is 2. The zero-order chi connectivity index (χ0) is 16.4. The normalized spacial score (nSPS) is 15.5. The number of carbonyl (C=O) groups is 2. The molecule has 0 spiro atoms. The van der Waals surface area contributed by atoms with E-state index >= 15 is 0 Å². The molecule has 2 aromatic carbocycles. The minimum Gasteiger partial charge on any atom is -0.481 e. The Kier molecular flexibility index (Phi) is 3.90. The molecular formula is C19H19NO3. The molecule has 1 fully saturated rings. The molecule has 0 heterocycles. The van der Waals surface area contributed by atoms with Crippen molar-refractivity contribution >= 4 is 23.1 Å². The number of aliphatic carboxylic acids is 1. The first-order valence-corrected chi connectivity index (χ1v) is 7.73. The van der Waals surface area contributed by atoms with E-state index in [1.54, 1.807) is 19.1 Å². The van der Waals surface area contributed by atoms with Gasteiger partial charge in [-0.15, -0.1) is 0 Å². The lowest BCUT2D eigenvalue weighted by Crippen LogP contribution is -2.42. The van der Waals surface area contributed by atoms with Gasteiger partial charge in [0.05, 0.1) is 5.41 Å². The van der Waals surface area contributed by atoms with Crippen LogP contribution in [0.2, 0.25) is 0 Å². The van der Waals surface area contributed by atoms with Crippen LogP contribution in [-0.4, -0.2) is 16.9 Å². The summed E-state index contributed by atoms with van der Waals surface area (Å²) in [5.74, 6) is -0.690. The van der Waals surface area contributed by atoms with Crippen LogP contribution < -0.4 is 5.32 Å². The first-order valence-electron chi connectivity index (χ1n) is 7.73. The average molecular weight is 309 g/mol. The third kappa shape index (κ3) is 2.84. The molecule has 2 aromatic rings. The van der Waals surface area contributed by atoms with Gasteiger partial charge >= 0.3 is 5.97 Å². The fraction of sp³-hybridized carbons (Fsp3) is 0.263. The molecule has 0 bridgehead atoms. The lowest BCUT2D eigenvalue weighted by atomic mass is 9.64. The first kappa shape index (κ1) is 15.3. The number of ketones is 1. The van der Waals surface area contributed by atoms with Crippen molar-refractivity contribution in [3.63, 3.8) is 0 Å². The van der Waals surface area contributed by atoms with Crippen LogP contribution in [0.4, 0.5) is 11.4 Å². The van der Waals surface area contributed by atoms with Gasteiger partial charge in [-0.05, 0) is 61.7 Å². The van der Waals surface area contributed by atoms with E-state index < -0.39 is 11.4 Å². The predicted molar refractivity (Wildman–Crippen MR) is 89.3 cm³/mol. The average Bonchev–Trinajstić information content (AvgIpc) is 2.48. The third-order valence-electron chi connectivity index (χ3n) is 4.63. The van der Waals surface area contributed by atoms with Crippen molar-refractivity contribution in [3.05, 3.63) is 59.7 Å². The molecule has 1 saturated carbocycles. The van der Waals surface area contributed by atoms with E-state index in [9.17, 15) is 14.7 Å². The predicted octanol–water partition coefficient (Wildman–Crippen LogP) is 4.14. The zero-order valence-electron chi connectivity index (χ0n) is 13.0. The van der Waals surface area contributed by atoms with Gasteiger partial charge in [-0.2, -0.15) is 0 Å². The summed E-state index contributed by atoms with van der Waals surface area (Å²) in [6.07, 6.45) is 2.39. The van der Waals surface area contributed by atoms with Gasteiger partial charge in [0.1, 0.15) is 0 Å². The molecule has 0 aliphatic heterocycles. The summed E-state index contributed by atoms with van der Waals surface area (Å²) in [4.78, 5) is 22.8. The Balaban J connectivity index is 1.75. The van der Waals surface area contributed by atoms with Crippen LogP contribution in [0.5, 0.6) is 0 Å². The van der Waals surface area contributed by atoms with Gasteiger partial charge in [0.2, 0.25) is 0 Å². The van der Waals surface area contributed by atoms with Gasteiger partial charge in [0.25, 0.3) is 0 Å². The molecule has 1 aliphatic carbocycles. The maximum Gasteiger partial charge on any atom is 0.314 e. The number of carboxylic acid groups (broad SMARTS) is 1. The highest BCUT2D eigenvalue weighted by Crippen LogP contribution is 2.44. The molecule has 3 rings (SSSR count). The Labute approximate surface area is 135 Å². The maximum atomic E-state index is 11.5. The van der Waals surface area contributed by atoms with E-state index in [-0.39, 0.29) is 5.78 Å². The van der Waals surface area contributed by atoms with E-state index in [0.29, 0.717) is 18.4 Å². The fourth-order valence-corrected chi connectivity index (χ4v) is 2.98. The van der Waals surface area contributed by atoms with Crippen molar-refractivity contribution in [2.24, 2.45) is 0 Å². The smallest absolute Gasteiger partial charge is 0.314 e. The molecule has 0 unspecified atom stereocenters. The zero-order valence-corrected chi connectivity index (χ0v) is 13.0. The van der Waals surface area contributed by atoms with Crippen LogP contribution in [0.1, 0.15) is 42.1 Å². The van der Waals surface area contributed by atoms with Crippen molar-refractivity contribution in [2.75, 3.05) is 5.32 Å². The van der Waals surface area contributed by atoms with Crippen LogP contribution in [0, 0.1) is 0 Å². The number of hydrogen-bond donors (Lipinski definition) is 2. The molecule has 2 N–H and O–H groups in total. The summed E-state index contributed by atoms with van der Waals surface area (Å²) >= 11 is 0. The number of carboxylic acids is 1. The van der Waals surface area contributed by atoms with Crippen molar-refractivity contribution in [2.45, 2.75) is 31.6 Å². The lowest BCUT2D eigenvalue weighted by Gasteiger charge is -2.38. The van der Waals surface area contributed by atoms with Gasteiger partial charge in [-0.1, -0.05) is 18.6 Å². The number of anilines is 2. The van der Waals surface area contributed by atoms with Gasteiger partial charge < -0.3 is 10.4 Å². The van der Waals surface area contributed by atoms with E-state index in [1.807, 2.05) is 36.4 Å². The number of nitrogens with one attached hydrogen (secondary N) is 1. The van der Waals surface area contributed by atoms with Crippen LogP contribution >= 0.6 is 0 Å². The first-order chi connectivity index (χ1) is 11.0. The van der Waals surface area contributed by atoms with E-state index in [1.165, 1.54) is 0 Å². The molecule has 4 heteroatoms. The second kappa shape index (κ2) is 5.88. The van der Waals surface area contributed by atoms with Gasteiger partial charge in [-0.25, -0.2) is 0 Å². The van der Waals surface area contributed by atoms with Crippen LogP contribution in [0.25, 0.3) is 0 Å². The molecular weight excluding hydrogens is 290 g/mol. The minimum absolute atomic E-state index is 0.0420. The monoisotopic (exact) mass is 309 g/mol. The van der Waals surface area contributed by atoms with Crippen molar-refractivity contribution in [3.8, 4) is 0 Å².